The SMILES string of the molecule is CN(c1ncnc2[nH]ccc12)C1CN(Cc2ccccc2)CC12CC2. The van der Waals surface area contributed by atoms with Crippen LogP contribution in [-0.4, -0.2) is 46.0 Å². The Balaban J connectivity index is 1.41. The lowest BCUT2D eigenvalue weighted by molar-refractivity contribution is 0.312. The lowest BCUT2D eigenvalue weighted by Gasteiger charge is -2.30. The van der Waals surface area contributed by atoms with E-state index in [4.69, 9.17) is 0 Å². The number of H-pyrrole nitrogens is 1. The van der Waals surface area contributed by atoms with Crippen LogP contribution in [0.4, 0.5) is 5.82 Å². The third-order valence-electron chi connectivity index (χ3n) is 5.95. The van der Waals surface area contributed by atoms with Crippen LogP contribution in [-0.2, 0) is 6.54 Å². The number of rotatable bonds is 4. The number of hydrogen-bond donors (Lipinski definition) is 1. The molecule has 0 bridgehead atoms. The molecule has 2 aromatic heterocycles. The standard InChI is InChI=1S/C20H23N5/c1-24(19-16-7-10-21-18(16)22-14-23-19)17-12-25(13-20(17)8-9-20)11-15-5-3-2-4-6-15/h2-7,10,14,17H,8-9,11-13H2,1H3,(H,21,22,23). The predicted molar refractivity (Wildman–Crippen MR) is 99.5 cm³/mol. The maximum Gasteiger partial charge on any atom is 0.142 e. The van der Waals surface area contributed by atoms with Crippen LogP contribution in [0.15, 0.2) is 48.9 Å². The molecule has 2 fully saturated rings. The van der Waals surface area contributed by atoms with E-state index >= 15 is 0 Å². The molecule has 0 radical (unpaired) electrons. The predicted octanol–water partition coefficient (Wildman–Crippen LogP) is 3.06. The topological polar surface area (TPSA) is 48.1 Å². The molecule has 5 rings (SSSR count). The second-order valence-corrected chi connectivity index (χ2v) is 7.58. The van der Waals surface area contributed by atoms with E-state index in [1.807, 2.05) is 6.20 Å². The molecule has 5 heteroatoms. The maximum atomic E-state index is 4.60. The van der Waals surface area contributed by atoms with Gasteiger partial charge in [-0.1, -0.05) is 30.3 Å². The fourth-order valence-corrected chi connectivity index (χ4v) is 4.49. The van der Waals surface area contributed by atoms with Crippen molar-refractivity contribution in [3.8, 4) is 0 Å². The van der Waals surface area contributed by atoms with Gasteiger partial charge >= 0.3 is 0 Å². The Labute approximate surface area is 147 Å². The summed E-state index contributed by atoms with van der Waals surface area (Å²) in [7, 11) is 2.20. The first-order chi connectivity index (χ1) is 12.3. The van der Waals surface area contributed by atoms with Crippen molar-refractivity contribution in [2.24, 2.45) is 5.41 Å². The molecule has 3 heterocycles. The first kappa shape index (κ1) is 14.9. The molecule has 1 aromatic carbocycles. The number of fused-ring (bicyclic) bond motifs is 1. The van der Waals surface area contributed by atoms with Gasteiger partial charge in [-0.2, -0.15) is 0 Å². The molecule has 128 valence electrons. The van der Waals surface area contributed by atoms with Gasteiger partial charge in [-0.15, -0.1) is 0 Å². The van der Waals surface area contributed by atoms with Crippen LogP contribution in [0, 0.1) is 5.41 Å². The first-order valence-corrected chi connectivity index (χ1v) is 9.02. The summed E-state index contributed by atoms with van der Waals surface area (Å²) in [6.07, 6.45) is 6.27. The van der Waals surface area contributed by atoms with Gasteiger partial charge in [0, 0.05) is 44.3 Å². The average Bonchev–Trinajstić information content (AvgIpc) is 3.09. The summed E-state index contributed by atoms with van der Waals surface area (Å²) in [6.45, 7) is 3.33. The quantitative estimate of drug-likeness (QED) is 0.797. The first-order valence-electron chi connectivity index (χ1n) is 9.02. The summed E-state index contributed by atoms with van der Waals surface area (Å²) in [5, 5.41) is 1.11. The molecular weight excluding hydrogens is 310 g/mol. The van der Waals surface area contributed by atoms with E-state index in [1.165, 1.54) is 24.9 Å². The second kappa shape index (κ2) is 5.56. The second-order valence-electron chi connectivity index (χ2n) is 7.58. The fraction of sp³-hybridized carbons (Fsp3) is 0.400. The van der Waals surface area contributed by atoms with E-state index in [0.717, 1.165) is 29.9 Å². The van der Waals surface area contributed by atoms with Gasteiger partial charge in [0.1, 0.15) is 17.8 Å². The molecule has 1 aliphatic carbocycles. The molecule has 1 saturated heterocycles. The van der Waals surface area contributed by atoms with Crippen molar-refractivity contribution in [1.29, 1.82) is 0 Å². The molecule has 0 amide bonds. The van der Waals surface area contributed by atoms with Gasteiger partial charge in [0.2, 0.25) is 0 Å². The molecule has 1 atom stereocenters. The number of benzene rings is 1. The highest BCUT2D eigenvalue weighted by atomic mass is 15.3. The van der Waals surface area contributed by atoms with E-state index in [0.29, 0.717) is 11.5 Å². The van der Waals surface area contributed by atoms with Gasteiger partial charge in [0.05, 0.1) is 5.39 Å². The van der Waals surface area contributed by atoms with Gasteiger partial charge < -0.3 is 9.88 Å². The van der Waals surface area contributed by atoms with Crippen LogP contribution in [0.1, 0.15) is 18.4 Å². The lowest BCUT2D eigenvalue weighted by atomic mass is 9.99. The Morgan fingerprint density at radius 1 is 1.20 bits per heavy atom. The number of anilines is 1. The summed E-state index contributed by atoms with van der Waals surface area (Å²) in [5.74, 6) is 1.05. The Morgan fingerprint density at radius 3 is 2.84 bits per heavy atom. The van der Waals surface area contributed by atoms with Gasteiger partial charge in [-0.25, -0.2) is 9.97 Å². The number of likely N-dealkylation sites (tertiary alicyclic amines) is 1. The molecule has 1 spiro atoms. The number of likely N-dealkylation sites (N-methyl/N-ethyl adjacent to an activating group) is 1. The number of hydrogen-bond acceptors (Lipinski definition) is 4. The summed E-state index contributed by atoms with van der Waals surface area (Å²) in [6, 6.07) is 13.4. The van der Waals surface area contributed by atoms with Gasteiger partial charge in [0.15, 0.2) is 0 Å². The lowest BCUT2D eigenvalue weighted by Crippen LogP contribution is -2.39. The number of aromatic nitrogens is 3. The van der Waals surface area contributed by atoms with E-state index < -0.39 is 0 Å². The van der Waals surface area contributed by atoms with Crippen molar-refractivity contribution >= 4 is 16.9 Å². The van der Waals surface area contributed by atoms with Crippen molar-refractivity contribution in [2.75, 3.05) is 25.0 Å². The molecular formula is C20H23N5. The minimum absolute atomic E-state index is 0.442. The van der Waals surface area contributed by atoms with Crippen molar-refractivity contribution in [3.63, 3.8) is 0 Å². The molecule has 1 aliphatic heterocycles. The summed E-state index contributed by atoms with van der Waals surface area (Å²) >= 11 is 0. The Bertz CT molecular complexity index is 883. The summed E-state index contributed by atoms with van der Waals surface area (Å²) in [5.41, 5.74) is 2.76. The van der Waals surface area contributed by atoms with Crippen molar-refractivity contribution in [2.45, 2.75) is 25.4 Å². The van der Waals surface area contributed by atoms with Crippen molar-refractivity contribution in [3.05, 3.63) is 54.5 Å². The smallest absolute Gasteiger partial charge is 0.142 e. The van der Waals surface area contributed by atoms with Crippen LogP contribution in [0.5, 0.6) is 0 Å². The highest BCUT2D eigenvalue weighted by Crippen LogP contribution is 2.55. The highest BCUT2D eigenvalue weighted by molar-refractivity contribution is 5.87. The van der Waals surface area contributed by atoms with E-state index in [-0.39, 0.29) is 0 Å². The van der Waals surface area contributed by atoms with Crippen LogP contribution in [0.25, 0.3) is 11.0 Å². The molecule has 1 unspecified atom stereocenters. The maximum absolute atomic E-state index is 4.60. The van der Waals surface area contributed by atoms with Gasteiger partial charge in [-0.05, 0) is 24.5 Å². The molecule has 3 aromatic rings. The Kier molecular flexibility index (Phi) is 3.31. The average molecular weight is 333 g/mol. The Hall–Kier alpha value is -2.40. The fourth-order valence-electron chi connectivity index (χ4n) is 4.49. The number of nitrogens with one attached hydrogen (secondary N) is 1. The van der Waals surface area contributed by atoms with Crippen LogP contribution in [0.3, 0.4) is 0 Å². The third kappa shape index (κ3) is 2.50. The minimum atomic E-state index is 0.442. The van der Waals surface area contributed by atoms with E-state index in [1.54, 1.807) is 6.33 Å². The number of nitrogens with zero attached hydrogens (tertiary/aromatic N) is 4. The van der Waals surface area contributed by atoms with Crippen molar-refractivity contribution < 1.29 is 0 Å². The normalized spacial score (nSPS) is 21.9. The minimum Gasteiger partial charge on any atom is -0.354 e. The summed E-state index contributed by atoms with van der Waals surface area (Å²) in [4.78, 5) is 17.1. The van der Waals surface area contributed by atoms with E-state index in [2.05, 4.69) is 68.2 Å². The van der Waals surface area contributed by atoms with Gasteiger partial charge in [-0.3, -0.25) is 4.90 Å². The zero-order chi connectivity index (χ0) is 16.9. The largest absolute Gasteiger partial charge is 0.354 e. The molecule has 1 N–H and O–H groups in total. The highest BCUT2D eigenvalue weighted by Gasteiger charge is 2.56. The Morgan fingerprint density at radius 2 is 2.04 bits per heavy atom. The van der Waals surface area contributed by atoms with Crippen LogP contribution < -0.4 is 4.90 Å². The summed E-state index contributed by atoms with van der Waals surface area (Å²) < 4.78 is 0. The molecule has 5 nitrogen and oxygen atoms in total. The van der Waals surface area contributed by atoms with Crippen LogP contribution >= 0.6 is 0 Å². The van der Waals surface area contributed by atoms with Crippen molar-refractivity contribution in [1.82, 2.24) is 19.9 Å². The zero-order valence-corrected chi connectivity index (χ0v) is 14.5. The molecule has 1 saturated carbocycles. The van der Waals surface area contributed by atoms with E-state index in [9.17, 15) is 0 Å². The zero-order valence-electron chi connectivity index (χ0n) is 14.5. The monoisotopic (exact) mass is 333 g/mol. The molecule has 25 heavy (non-hydrogen) atoms. The molecule has 2 aliphatic rings. The number of aromatic amines is 1. The van der Waals surface area contributed by atoms with Crippen LogP contribution in [0.2, 0.25) is 0 Å². The third-order valence-corrected chi connectivity index (χ3v) is 5.95. The van der Waals surface area contributed by atoms with Gasteiger partial charge in [0.25, 0.3) is 0 Å².